The minimum atomic E-state index is -0.224. The molecule has 0 aromatic carbocycles. The van der Waals surface area contributed by atoms with Crippen molar-refractivity contribution in [3.05, 3.63) is 17.8 Å². The molecule has 1 amide bonds. The molecule has 1 unspecified atom stereocenters. The molecular formula is C13H22N4O2. The number of nitrogens with one attached hydrogen (secondary N) is 2. The van der Waals surface area contributed by atoms with Crippen molar-refractivity contribution in [1.82, 2.24) is 15.5 Å². The molecule has 0 radical (unpaired) electrons. The molecule has 1 heterocycles. The van der Waals surface area contributed by atoms with E-state index in [9.17, 15) is 4.79 Å². The highest BCUT2D eigenvalue weighted by Crippen LogP contribution is 2.03. The van der Waals surface area contributed by atoms with Crippen LogP contribution >= 0.6 is 0 Å². The summed E-state index contributed by atoms with van der Waals surface area (Å²) in [5.41, 5.74) is 0.316. The maximum atomic E-state index is 11.9. The van der Waals surface area contributed by atoms with Crippen LogP contribution in [-0.4, -0.2) is 42.4 Å². The summed E-state index contributed by atoms with van der Waals surface area (Å²) in [4.78, 5) is 11.9. The Morgan fingerprint density at radius 2 is 2.16 bits per heavy atom. The number of aromatic nitrogens is 2. The second kappa shape index (κ2) is 8.42. The van der Waals surface area contributed by atoms with Crippen molar-refractivity contribution in [1.29, 1.82) is 0 Å². The molecule has 2 N–H and O–H groups in total. The van der Waals surface area contributed by atoms with E-state index in [1.165, 1.54) is 0 Å². The quantitative estimate of drug-likeness (QED) is 0.745. The Hall–Kier alpha value is -1.69. The van der Waals surface area contributed by atoms with Gasteiger partial charge >= 0.3 is 0 Å². The molecule has 0 fully saturated rings. The molecule has 6 heteroatoms. The predicted octanol–water partition coefficient (Wildman–Crippen LogP) is 1.45. The average molecular weight is 266 g/mol. The molecule has 0 saturated heterocycles. The van der Waals surface area contributed by atoms with Gasteiger partial charge in [-0.2, -0.15) is 0 Å². The van der Waals surface area contributed by atoms with Gasteiger partial charge in [-0.1, -0.05) is 13.8 Å². The molecule has 0 spiro atoms. The third kappa shape index (κ3) is 5.21. The van der Waals surface area contributed by atoms with E-state index in [4.69, 9.17) is 4.74 Å². The molecule has 1 aromatic rings. The van der Waals surface area contributed by atoms with Gasteiger partial charge in [0.25, 0.3) is 5.91 Å². The highest BCUT2D eigenvalue weighted by atomic mass is 16.5. The van der Waals surface area contributed by atoms with Gasteiger partial charge in [-0.05, 0) is 25.0 Å². The number of rotatable bonds is 8. The van der Waals surface area contributed by atoms with Gasteiger partial charge in [-0.15, -0.1) is 10.2 Å². The first-order valence-electron chi connectivity index (χ1n) is 6.58. The van der Waals surface area contributed by atoms with Crippen LogP contribution in [0.25, 0.3) is 0 Å². The summed E-state index contributed by atoms with van der Waals surface area (Å²) >= 11 is 0. The molecule has 0 aliphatic heterocycles. The summed E-state index contributed by atoms with van der Waals surface area (Å²) in [6.07, 6.45) is 1.82. The molecule has 19 heavy (non-hydrogen) atoms. The van der Waals surface area contributed by atoms with Gasteiger partial charge in [0.2, 0.25) is 0 Å². The van der Waals surface area contributed by atoms with Crippen LogP contribution in [-0.2, 0) is 4.74 Å². The Balaban J connectivity index is 2.56. The van der Waals surface area contributed by atoms with Crippen LogP contribution in [0.5, 0.6) is 0 Å². The number of hydrogen-bond donors (Lipinski definition) is 2. The summed E-state index contributed by atoms with van der Waals surface area (Å²) in [6.45, 7) is 5.40. The lowest BCUT2D eigenvalue weighted by Crippen LogP contribution is -2.38. The summed E-state index contributed by atoms with van der Waals surface area (Å²) in [5, 5.41) is 13.8. The number of carbonyl (C=O) groups excluding carboxylic acids is 1. The SMILES string of the molecule is CCCNc1ccc(C(=O)NC(CC)COC)nn1. The zero-order valence-electron chi connectivity index (χ0n) is 11.8. The minimum absolute atomic E-state index is 0.00260. The van der Waals surface area contributed by atoms with E-state index in [1.54, 1.807) is 19.2 Å². The van der Waals surface area contributed by atoms with Crippen molar-refractivity contribution in [2.24, 2.45) is 0 Å². The van der Waals surface area contributed by atoms with E-state index in [-0.39, 0.29) is 11.9 Å². The Bertz CT molecular complexity index is 381. The second-order valence-corrected chi connectivity index (χ2v) is 4.26. The van der Waals surface area contributed by atoms with Gasteiger partial charge < -0.3 is 15.4 Å². The minimum Gasteiger partial charge on any atom is -0.383 e. The highest BCUT2D eigenvalue weighted by Gasteiger charge is 2.13. The first-order chi connectivity index (χ1) is 9.21. The number of methoxy groups -OCH3 is 1. The van der Waals surface area contributed by atoms with E-state index in [2.05, 4.69) is 27.8 Å². The smallest absolute Gasteiger partial charge is 0.272 e. The number of hydrogen-bond acceptors (Lipinski definition) is 5. The van der Waals surface area contributed by atoms with E-state index in [0.717, 1.165) is 19.4 Å². The summed E-state index contributed by atoms with van der Waals surface area (Å²) in [7, 11) is 1.61. The Kier molecular flexibility index (Phi) is 6.81. The Morgan fingerprint density at radius 3 is 2.68 bits per heavy atom. The highest BCUT2D eigenvalue weighted by molar-refractivity contribution is 5.92. The number of nitrogens with zero attached hydrogens (tertiary/aromatic N) is 2. The second-order valence-electron chi connectivity index (χ2n) is 4.26. The molecule has 0 aliphatic carbocycles. The van der Waals surface area contributed by atoms with Crippen molar-refractivity contribution < 1.29 is 9.53 Å². The molecule has 1 aromatic heterocycles. The summed E-state index contributed by atoms with van der Waals surface area (Å²) in [5.74, 6) is 0.459. The van der Waals surface area contributed by atoms with Crippen LogP contribution in [0.2, 0.25) is 0 Å². The topological polar surface area (TPSA) is 76.1 Å². The molecule has 1 rings (SSSR count). The third-order valence-electron chi connectivity index (χ3n) is 2.65. The number of anilines is 1. The van der Waals surface area contributed by atoms with Crippen LogP contribution in [0.4, 0.5) is 5.82 Å². The monoisotopic (exact) mass is 266 g/mol. The van der Waals surface area contributed by atoms with Crippen LogP contribution in [0.3, 0.4) is 0 Å². The van der Waals surface area contributed by atoms with Crippen molar-refractivity contribution in [3.8, 4) is 0 Å². The van der Waals surface area contributed by atoms with Crippen LogP contribution in [0.1, 0.15) is 37.2 Å². The summed E-state index contributed by atoms with van der Waals surface area (Å²) < 4.78 is 5.03. The van der Waals surface area contributed by atoms with Gasteiger partial charge in [0.1, 0.15) is 5.82 Å². The lowest BCUT2D eigenvalue weighted by atomic mass is 10.2. The van der Waals surface area contributed by atoms with E-state index in [1.807, 2.05) is 6.92 Å². The van der Waals surface area contributed by atoms with E-state index in [0.29, 0.717) is 18.1 Å². The van der Waals surface area contributed by atoms with Crippen LogP contribution in [0, 0.1) is 0 Å². The van der Waals surface area contributed by atoms with Crippen molar-refractivity contribution in [3.63, 3.8) is 0 Å². The lowest BCUT2D eigenvalue weighted by molar-refractivity contribution is 0.0888. The van der Waals surface area contributed by atoms with Gasteiger partial charge in [-0.3, -0.25) is 4.79 Å². The standard InChI is InChI=1S/C13H22N4O2/c1-4-8-14-12-7-6-11(16-17-12)13(18)15-10(5-2)9-19-3/h6-7,10H,4-5,8-9H2,1-3H3,(H,14,17)(H,15,18). The maximum Gasteiger partial charge on any atom is 0.272 e. The van der Waals surface area contributed by atoms with Crippen molar-refractivity contribution in [2.75, 3.05) is 25.6 Å². The molecule has 0 saturated carbocycles. The van der Waals surface area contributed by atoms with Gasteiger partial charge in [0.05, 0.1) is 12.6 Å². The van der Waals surface area contributed by atoms with Gasteiger partial charge in [0, 0.05) is 13.7 Å². The van der Waals surface area contributed by atoms with Gasteiger partial charge in [-0.25, -0.2) is 0 Å². The maximum absolute atomic E-state index is 11.9. The fraction of sp³-hybridized carbons (Fsp3) is 0.615. The molecule has 1 atom stereocenters. The fourth-order valence-electron chi connectivity index (χ4n) is 1.52. The fourth-order valence-corrected chi connectivity index (χ4v) is 1.52. The van der Waals surface area contributed by atoms with Crippen molar-refractivity contribution in [2.45, 2.75) is 32.7 Å². The summed E-state index contributed by atoms with van der Waals surface area (Å²) in [6, 6.07) is 3.42. The van der Waals surface area contributed by atoms with Crippen LogP contribution < -0.4 is 10.6 Å². The van der Waals surface area contributed by atoms with Crippen molar-refractivity contribution >= 4 is 11.7 Å². The van der Waals surface area contributed by atoms with Crippen LogP contribution in [0.15, 0.2) is 12.1 Å². The Labute approximate surface area is 113 Å². The van der Waals surface area contributed by atoms with Gasteiger partial charge in [0.15, 0.2) is 5.69 Å². The normalized spacial score (nSPS) is 11.9. The molecule has 6 nitrogen and oxygen atoms in total. The molecular weight excluding hydrogens is 244 g/mol. The molecule has 0 aliphatic rings. The first-order valence-corrected chi connectivity index (χ1v) is 6.58. The predicted molar refractivity (Wildman–Crippen MR) is 74.2 cm³/mol. The number of amides is 1. The number of ether oxygens (including phenoxy) is 1. The van der Waals surface area contributed by atoms with E-state index < -0.39 is 0 Å². The Morgan fingerprint density at radius 1 is 1.37 bits per heavy atom. The number of carbonyl (C=O) groups is 1. The third-order valence-corrected chi connectivity index (χ3v) is 2.65. The first kappa shape index (κ1) is 15.4. The molecule has 0 bridgehead atoms. The average Bonchev–Trinajstić information content (AvgIpc) is 2.45. The zero-order valence-corrected chi connectivity index (χ0v) is 11.8. The van der Waals surface area contributed by atoms with E-state index >= 15 is 0 Å². The molecule has 106 valence electrons. The largest absolute Gasteiger partial charge is 0.383 e. The lowest BCUT2D eigenvalue weighted by Gasteiger charge is -2.15. The zero-order chi connectivity index (χ0) is 14.1.